The summed E-state index contributed by atoms with van der Waals surface area (Å²) in [5.74, 6) is -0.172. The number of aromatic nitrogens is 3. The van der Waals surface area contributed by atoms with E-state index in [-0.39, 0.29) is 5.91 Å². The van der Waals surface area contributed by atoms with Crippen molar-refractivity contribution in [3.63, 3.8) is 0 Å². The zero-order chi connectivity index (χ0) is 20.4. The molecule has 0 unspecified atom stereocenters. The molecule has 0 bridgehead atoms. The molecule has 3 heterocycles. The minimum Gasteiger partial charge on any atom is -0.346 e. The van der Waals surface area contributed by atoms with Crippen LogP contribution in [0.25, 0.3) is 33.3 Å². The Bertz CT molecular complexity index is 1280. The molecular weight excluding hydrogens is 362 g/mol. The number of nitrogens with one attached hydrogen (secondary N) is 1. The molecule has 0 fully saturated rings. The van der Waals surface area contributed by atoms with Crippen LogP contribution in [0.3, 0.4) is 0 Å². The van der Waals surface area contributed by atoms with Crippen LogP contribution >= 0.6 is 0 Å². The monoisotopic (exact) mass is 379 g/mol. The maximum Gasteiger partial charge on any atom is 0.250 e. The van der Waals surface area contributed by atoms with Gasteiger partial charge in [0.25, 0.3) is 0 Å². The normalized spacial score (nSPS) is 10.5. The highest BCUT2D eigenvalue weighted by Crippen LogP contribution is 2.32. The highest BCUT2D eigenvalue weighted by Gasteiger charge is 2.12. The summed E-state index contributed by atoms with van der Waals surface area (Å²) in [5.41, 5.74) is 5.61. The number of carbonyl (C=O) groups is 1. The SMILES string of the molecule is C=CC(=O)N(C)c1cccc(-c2cnc3[nH]cc(-c4ccnc(C#N)c4)c3c2)c1. The number of pyridine rings is 2. The molecule has 140 valence electrons. The minimum absolute atomic E-state index is 0.172. The number of aromatic amines is 1. The number of fused-ring (bicyclic) bond motifs is 1. The topological polar surface area (TPSA) is 85.7 Å². The fourth-order valence-electron chi connectivity index (χ4n) is 3.22. The molecule has 0 radical (unpaired) electrons. The number of benzene rings is 1. The summed E-state index contributed by atoms with van der Waals surface area (Å²) >= 11 is 0. The van der Waals surface area contributed by atoms with E-state index in [1.54, 1.807) is 30.4 Å². The second-order valence-corrected chi connectivity index (χ2v) is 6.52. The fourth-order valence-corrected chi connectivity index (χ4v) is 3.22. The zero-order valence-corrected chi connectivity index (χ0v) is 15.8. The first kappa shape index (κ1) is 18.1. The predicted octanol–water partition coefficient (Wildman–Crippen LogP) is 4.31. The summed E-state index contributed by atoms with van der Waals surface area (Å²) < 4.78 is 0. The molecule has 4 rings (SSSR count). The van der Waals surface area contributed by atoms with Crippen LogP contribution in [-0.4, -0.2) is 27.9 Å². The van der Waals surface area contributed by atoms with Crippen LogP contribution in [0.5, 0.6) is 0 Å². The molecule has 0 aliphatic carbocycles. The van der Waals surface area contributed by atoms with E-state index in [0.29, 0.717) is 5.69 Å². The molecule has 0 spiro atoms. The third-order valence-corrected chi connectivity index (χ3v) is 4.79. The van der Waals surface area contributed by atoms with Crippen LogP contribution in [0.4, 0.5) is 5.69 Å². The van der Waals surface area contributed by atoms with Crippen LogP contribution in [0, 0.1) is 11.3 Å². The Labute approximate surface area is 167 Å². The maximum atomic E-state index is 11.9. The van der Waals surface area contributed by atoms with Gasteiger partial charge in [0.15, 0.2) is 0 Å². The first-order valence-corrected chi connectivity index (χ1v) is 8.95. The van der Waals surface area contributed by atoms with Crippen molar-refractivity contribution >= 4 is 22.6 Å². The van der Waals surface area contributed by atoms with Gasteiger partial charge in [-0.15, -0.1) is 0 Å². The molecule has 6 heteroatoms. The van der Waals surface area contributed by atoms with E-state index >= 15 is 0 Å². The van der Waals surface area contributed by atoms with Crippen molar-refractivity contribution in [1.29, 1.82) is 5.26 Å². The largest absolute Gasteiger partial charge is 0.346 e. The van der Waals surface area contributed by atoms with E-state index in [0.717, 1.165) is 39.0 Å². The van der Waals surface area contributed by atoms with E-state index in [1.165, 1.54) is 6.08 Å². The predicted molar refractivity (Wildman–Crippen MR) is 113 cm³/mol. The van der Waals surface area contributed by atoms with Crippen LogP contribution in [0.15, 0.2) is 73.7 Å². The van der Waals surface area contributed by atoms with E-state index in [1.807, 2.05) is 36.5 Å². The van der Waals surface area contributed by atoms with Gasteiger partial charge in [0.05, 0.1) is 0 Å². The van der Waals surface area contributed by atoms with Gasteiger partial charge in [0, 0.05) is 47.8 Å². The standard InChI is InChI=1S/C23H17N5O/c1-3-22(29)28(2)19-6-4-5-15(10-19)17-11-20-21(14-27-23(20)26-13-17)16-7-8-25-18(9-16)12-24/h3-11,13-14H,1H2,2H3,(H,26,27). The number of likely N-dealkylation sites (N-methyl/N-ethyl adjacent to an activating group) is 1. The van der Waals surface area contributed by atoms with Crippen molar-refractivity contribution in [1.82, 2.24) is 15.0 Å². The number of amides is 1. The van der Waals surface area contributed by atoms with Crippen molar-refractivity contribution in [2.75, 3.05) is 11.9 Å². The zero-order valence-electron chi connectivity index (χ0n) is 15.8. The summed E-state index contributed by atoms with van der Waals surface area (Å²) in [5, 5.41) is 10.1. The highest BCUT2D eigenvalue weighted by atomic mass is 16.2. The van der Waals surface area contributed by atoms with E-state index in [9.17, 15) is 4.79 Å². The third kappa shape index (κ3) is 3.37. The average molecular weight is 379 g/mol. The molecule has 1 aromatic carbocycles. The first-order chi connectivity index (χ1) is 14.1. The van der Waals surface area contributed by atoms with Gasteiger partial charge in [-0.1, -0.05) is 18.7 Å². The van der Waals surface area contributed by atoms with Crippen molar-refractivity contribution < 1.29 is 4.79 Å². The number of rotatable bonds is 4. The van der Waals surface area contributed by atoms with Gasteiger partial charge in [-0.05, 0) is 47.5 Å². The summed E-state index contributed by atoms with van der Waals surface area (Å²) in [6, 6.07) is 15.4. The van der Waals surface area contributed by atoms with Crippen molar-refractivity contribution in [2.45, 2.75) is 0 Å². The van der Waals surface area contributed by atoms with Crippen LogP contribution in [-0.2, 0) is 4.79 Å². The van der Waals surface area contributed by atoms with Gasteiger partial charge in [-0.25, -0.2) is 9.97 Å². The smallest absolute Gasteiger partial charge is 0.250 e. The molecule has 1 N–H and O–H groups in total. The number of hydrogen-bond acceptors (Lipinski definition) is 4. The number of anilines is 1. The molecule has 4 aromatic rings. The van der Waals surface area contributed by atoms with Gasteiger partial charge in [0.2, 0.25) is 5.91 Å². The highest BCUT2D eigenvalue weighted by molar-refractivity contribution is 6.01. The Morgan fingerprint density at radius 3 is 2.83 bits per heavy atom. The molecule has 0 saturated heterocycles. The van der Waals surface area contributed by atoms with Crippen molar-refractivity contribution in [3.8, 4) is 28.3 Å². The number of H-pyrrole nitrogens is 1. The van der Waals surface area contributed by atoms with Crippen molar-refractivity contribution in [3.05, 3.63) is 79.4 Å². The molecule has 0 aliphatic rings. The van der Waals surface area contributed by atoms with Crippen LogP contribution < -0.4 is 4.90 Å². The first-order valence-electron chi connectivity index (χ1n) is 8.95. The summed E-state index contributed by atoms with van der Waals surface area (Å²) in [7, 11) is 1.71. The van der Waals surface area contributed by atoms with E-state index in [2.05, 4.69) is 33.7 Å². The maximum absolute atomic E-state index is 11.9. The second-order valence-electron chi connectivity index (χ2n) is 6.52. The lowest BCUT2D eigenvalue weighted by atomic mass is 10.0. The number of hydrogen-bond donors (Lipinski definition) is 1. The molecule has 0 saturated carbocycles. The lowest BCUT2D eigenvalue weighted by Gasteiger charge is -2.16. The van der Waals surface area contributed by atoms with Crippen molar-refractivity contribution in [2.24, 2.45) is 0 Å². The summed E-state index contributed by atoms with van der Waals surface area (Å²) in [4.78, 5) is 25.2. The summed E-state index contributed by atoms with van der Waals surface area (Å²) in [6.07, 6.45) is 6.59. The number of carbonyl (C=O) groups excluding carboxylic acids is 1. The Morgan fingerprint density at radius 2 is 2.03 bits per heavy atom. The number of nitriles is 1. The molecule has 3 aromatic heterocycles. The fraction of sp³-hybridized carbons (Fsp3) is 0.0435. The Balaban J connectivity index is 1.79. The van der Waals surface area contributed by atoms with Crippen LogP contribution in [0.2, 0.25) is 0 Å². The molecular formula is C23H17N5O. The summed E-state index contributed by atoms with van der Waals surface area (Å²) in [6.45, 7) is 3.54. The molecule has 0 atom stereocenters. The molecule has 6 nitrogen and oxygen atoms in total. The minimum atomic E-state index is -0.172. The molecule has 1 amide bonds. The molecule has 29 heavy (non-hydrogen) atoms. The van der Waals surface area contributed by atoms with Gasteiger partial charge >= 0.3 is 0 Å². The third-order valence-electron chi connectivity index (χ3n) is 4.79. The quantitative estimate of drug-likeness (QED) is 0.535. The Morgan fingerprint density at radius 1 is 1.17 bits per heavy atom. The average Bonchev–Trinajstić information content (AvgIpc) is 3.21. The lowest BCUT2D eigenvalue weighted by molar-refractivity contribution is -0.113. The second kappa shape index (κ2) is 7.41. The Hall–Kier alpha value is -4.24. The lowest BCUT2D eigenvalue weighted by Crippen LogP contribution is -2.23. The van der Waals surface area contributed by atoms with Gasteiger partial charge in [-0.3, -0.25) is 4.79 Å². The van der Waals surface area contributed by atoms with Crippen LogP contribution in [0.1, 0.15) is 5.69 Å². The van der Waals surface area contributed by atoms with Gasteiger partial charge in [-0.2, -0.15) is 5.26 Å². The molecule has 0 aliphatic heterocycles. The van der Waals surface area contributed by atoms with E-state index < -0.39 is 0 Å². The van der Waals surface area contributed by atoms with Gasteiger partial charge in [0.1, 0.15) is 17.4 Å². The number of nitrogens with zero attached hydrogens (tertiary/aromatic N) is 4. The van der Waals surface area contributed by atoms with Gasteiger partial charge < -0.3 is 9.88 Å². The van der Waals surface area contributed by atoms with E-state index in [4.69, 9.17) is 5.26 Å². The Kier molecular flexibility index (Phi) is 4.63.